The number of allylic oxidation sites excluding steroid dienone is 2. The monoisotopic (exact) mass is 186 g/mol. The first-order valence-electron chi connectivity index (χ1n) is 3.56. The highest BCUT2D eigenvalue weighted by atomic mass is 16.6. The van der Waals surface area contributed by atoms with E-state index in [1.807, 2.05) is 0 Å². The van der Waals surface area contributed by atoms with E-state index in [-0.39, 0.29) is 0 Å². The summed E-state index contributed by atoms with van der Waals surface area (Å²) in [5.41, 5.74) is -2.43. The molecule has 0 bridgehead atoms. The highest BCUT2D eigenvalue weighted by molar-refractivity contribution is 5.82. The molecule has 1 aliphatic carbocycles. The largest absolute Gasteiger partial charge is 0.479 e. The zero-order valence-corrected chi connectivity index (χ0v) is 6.97. The molecule has 0 amide bonds. The standard InChI is InChI=1S/C8H10O5/c1-13-8(12)5-3-2-4-7(8,11)6(9)10/h2-5,11-12H,1H3,(H,9,10). The third-order valence-corrected chi connectivity index (χ3v) is 1.95. The van der Waals surface area contributed by atoms with Crippen LogP contribution in [0.15, 0.2) is 24.3 Å². The Kier molecular flexibility index (Phi) is 2.25. The van der Waals surface area contributed by atoms with Crippen molar-refractivity contribution in [1.29, 1.82) is 0 Å². The number of carboxylic acid groups (broad SMARTS) is 1. The highest BCUT2D eigenvalue weighted by Crippen LogP contribution is 2.29. The van der Waals surface area contributed by atoms with Gasteiger partial charge in [0.05, 0.1) is 0 Å². The number of aliphatic hydroxyl groups is 2. The van der Waals surface area contributed by atoms with Crippen LogP contribution in [-0.2, 0) is 9.53 Å². The van der Waals surface area contributed by atoms with Gasteiger partial charge in [0, 0.05) is 7.11 Å². The van der Waals surface area contributed by atoms with Crippen LogP contribution in [0.5, 0.6) is 0 Å². The normalized spacial score (nSPS) is 37.8. The molecule has 2 unspecified atom stereocenters. The number of aliphatic carboxylic acids is 1. The number of ether oxygens (including phenoxy) is 1. The molecule has 13 heavy (non-hydrogen) atoms. The van der Waals surface area contributed by atoms with Gasteiger partial charge < -0.3 is 20.1 Å². The fraction of sp³-hybridized carbons (Fsp3) is 0.375. The van der Waals surface area contributed by atoms with Crippen molar-refractivity contribution in [3.8, 4) is 0 Å². The van der Waals surface area contributed by atoms with Crippen molar-refractivity contribution >= 4 is 5.97 Å². The minimum absolute atomic E-state index is 0.957. The van der Waals surface area contributed by atoms with Crippen molar-refractivity contribution in [2.45, 2.75) is 11.4 Å². The van der Waals surface area contributed by atoms with Crippen molar-refractivity contribution in [2.75, 3.05) is 7.11 Å². The van der Waals surface area contributed by atoms with Gasteiger partial charge in [-0.05, 0) is 12.2 Å². The maximum Gasteiger partial charge on any atom is 0.345 e. The predicted molar refractivity (Wildman–Crippen MR) is 42.8 cm³/mol. The second kappa shape index (κ2) is 2.95. The maximum absolute atomic E-state index is 10.7. The first kappa shape index (κ1) is 9.91. The third-order valence-electron chi connectivity index (χ3n) is 1.95. The molecule has 0 radical (unpaired) electrons. The van der Waals surface area contributed by atoms with Gasteiger partial charge in [-0.25, -0.2) is 4.79 Å². The predicted octanol–water partition coefficient (Wildman–Crippen LogP) is -0.737. The average Bonchev–Trinajstić information content (AvgIpc) is 2.10. The Morgan fingerprint density at radius 1 is 1.31 bits per heavy atom. The Morgan fingerprint density at radius 2 is 1.85 bits per heavy atom. The van der Waals surface area contributed by atoms with Crippen molar-refractivity contribution in [3.63, 3.8) is 0 Å². The van der Waals surface area contributed by atoms with E-state index in [2.05, 4.69) is 4.74 Å². The van der Waals surface area contributed by atoms with Gasteiger partial charge in [-0.3, -0.25) is 0 Å². The zero-order chi connectivity index (χ0) is 10.1. The minimum Gasteiger partial charge on any atom is -0.479 e. The summed E-state index contributed by atoms with van der Waals surface area (Å²) in [5, 5.41) is 27.8. The van der Waals surface area contributed by atoms with E-state index in [9.17, 15) is 15.0 Å². The number of rotatable bonds is 2. The smallest absolute Gasteiger partial charge is 0.345 e. The fourth-order valence-electron chi connectivity index (χ4n) is 1.08. The summed E-state index contributed by atoms with van der Waals surface area (Å²) in [6, 6.07) is 0. The van der Waals surface area contributed by atoms with Crippen LogP contribution < -0.4 is 0 Å². The van der Waals surface area contributed by atoms with Gasteiger partial charge in [0.25, 0.3) is 0 Å². The summed E-state index contributed by atoms with van der Waals surface area (Å²) in [5.74, 6) is -3.79. The van der Waals surface area contributed by atoms with Crippen molar-refractivity contribution in [3.05, 3.63) is 24.3 Å². The molecule has 0 aromatic rings. The molecule has 0 aromatic heterocycles. The molecule has 5 heteroatoms. The maximum atomic E-state index is 10.7. The minimum atomic E-state index is -2.43. The summed E-state index contributed by atoms with van der Waals surface area (Å²) >= 11 is 0. The van der Waals surface area contributed by atoms with Gasteiger partial charge in [-0.15, -0.1) is 0 Å². The number of methoxy groups -OCH3 is 1. The van der Waals surface area contributed by atoms with Crippen molar-refractivity contribution in [2.24, 2.45) is 0 Å². The van der Waals surface area contributed by atoms with Gasteiger partial charge in [-0.2, -0.15) is 0 Å². The molecule has 0 spiro atoms. The first-order valence-corrected chi connectivity index (χ1v) is 3.56. The number of carbonyl (C=O) groups is 1. The molecule has 1 aliphatic rings. The Morgan fingerprint density at radius 3 is 2.23 bits per heavy atom. The lowest BCUT2D eigenvalue weighted by Gasteiger charge is -2.36. The van der Waals surface area contributed by atoms with Crippen molar-refractivity contribution in [1.82, 2.24) is 0 Å². The Bertz CT molecular complexity index is 282. The van der Waals surface area contributed by atoms with E-state index in [4.69, 9.17) is 5.11 Å². The quantitative estimate of drug-likeness (QED) is 0.494. The third kappa shape index (κ3) is 1.27. The summed E-state index contributed by atoms with van der Waals surface area (Å²) in [6.45, 7) is 0. The van der Waals surface area contributed by atoms with Gasteiger partial charge in [0.15, 0.2) is 0 Å². The van der Waals surface area contributed by atoms with Gasteiger partial charge in [0.2, 0.25) is 11.4 Å². The van der Waals surface area contributed by atoms with E-state index >= 15 is 0 Å². The SMILES string of the molecule is COC1(O)C=CC=CC1(O)C(=O)O. The second-order valence-corrected chi connectivity index (χ2v) is 2.69. The lowest BCUT2D eigenvalue weighted by atomic mass is 9.89. The lowest BCUT2D eigenvalue weighted by Crippen LogP contribution is -2.59. The summed E-state index contributed by atoms with van der Waals surface area (Å²) in [6.07, 6.45) is 4.74. The van der Waals surface area contributed by atoms with Crippen LogP contribution in [0.25, 0.3) is 0 Å². The summed E-state index contributed by atoms with van der Waals surface area (Å²) in [4.78, 5) is 10.7. The average molecular weight is 186 g/mol. The molecule has 0 saturated carbocycles. The molecule has 0 heterocycles. The number of hydrogen-bond acceptors (Lipinski definition) is 4. The Hall–Kier alpha value is -1.17. The molecule has 0 aromatic carbocycles. The van der Waals surface area contributed by atoms with Crippen molar-refractivity contribution < 1.29 is 24.9 Å². The second-order valence-electron chi connectivity index (χ2n) is 2.69. The molecular formula is C8H10O5. The molecule has 3 N–H and O–H groups in total. The molecule has 0 aliphatic heterocycles. The van der Waals surface area contributed by atoms with Crippen LogP contribution in [0.3, 0.4) is 0 Å². The van der Waals surface area contributed by atoms with Crippen LogP contribution in [0, 0.1) is 0 Å². The van der Waals surface area contributed by atoms with Crippen LogP contribution in [0.1, 0.15) is 0 Å². The number of hydrogen-bond donors (Lipinski definition) is 3. The van der Waals surface area contributed by atoms with E-state index in [0.29, 0.717) is 0 Å². The molecule has 0 fully saturated rings. The fourth-order valence-corrected chi connectivity index (χ4v) is 1.08. The lowest BCUT2D eigenvalue weighted by molar-refractivity contribution is -0.244. The van der Waals surface area contributed by atoms with Crippen LogP contribution in [-0.4, -0.2) is 39.8 Å². The first-order chi connectivity index (χ1) is 5.96. The molecule has 5 nitrogen and oxygen atoms in total. The van der Waals surface area contributed by atoms with Gasteiger partial charge in [-0.1, -0.05) is 12.2 Å². The molecule has 0 saturated heterocycles. The highest BCUT2D eigenvalue weighted by Gasteiger charge is 2.54. The topological polar surface area (TPSA) is 87.0 Å². The molecule has 2 atom stereocenters. The Labute approximate surface area is 74.6 Å². The van der Waals surface area contributed by atoms with E-state index < -0.39 is 17.4 Å². The van der Waals surface area contributed by atoms with Crippen LogP contribution in [0.2, 0.25) is 0 Å². The van der Waals surface area contributed by atoms with Crippen LogP contribution in [0.4, 0.5) is 0 Å². The van der Waals surface area contributed by atoms with Gasteiger partial charge in [0.1, 0.15) is 0 Å². The molecular weight excluding hydrogens is 176 g/mol. The van der Waals surface area contributed by atoms with Gasteiger partial charge >= 0.3 is 5.97 Å². The molecule has 72 valence electrons. The Balaban J connectivity index is 3.15. The van der Waals surface area contributed by atoms with Crippen LogP contribution >= 0.6 is 0 Å². The molecule has 1 rings (SSSR count). The van der Waals surface area contributed by atoms with E-state index in [1.54, 1.807) is 0 Å². The zero-order valence-electron chi connectivity index (χ0n) is 6.97. The summed E-state index contributed by atoms with van der Waals surface area (Å²) < 4.78 is 4.54. The summed E-state index contributed by atoms with van der Waals surface area (Å²) in [7, 11) is 1.11. The van der Waals surface area contributed by atoms with E-state index in [0.717, 1.165) is 19.3 Å². The number of carboxylic acids is 1. The van der Waals surface area contributed by atoms with E-state index in [1.165, 1.54) is 12.2 Å².